The van der Waals surface area contributed by atoms with Gasteiger partial charge >= 0.3 is 5.97 Å². The fourth-order valence-electron chi connectivity index (χ4n) is 0.231. The SMILES string of the molecule is NCC(=O)O.OCCOCCO. The Morgan fingerprint density at radius 2 is 1.58 bits per heavy atom. The van der Waals surface area contributed by atoms with Gasteiger partial charge in [0.1, 0.15) is 0 Å². The van der Waals surface area contributed by atoms with Crippen LogP contribution in [0.4, 0.5) is 0 Å². The molecule has 0 atom stereocenters. The van der Waals surface area contributed by atoms with Crippen LogP contribution in [0, 0.1) is 0 Å². The van der Waals surface area contributed by atoms with Crippen LogP contribution >= 0.6 is 0 Å². The van der Waals surface area contributed by atoms with E-state index in [4.69, 9.17) is 15.3 Å². The Morgan fingerprint density at radius 3 is 1.75 bits per heavy atom. The van der Waals surface area contributed by atoms with Gasteiger partial charge in [-0.25, -0.2) is 0 Å². The molecule has 0 aromatic heterocycles. The highest BCUT2D eigenvalue weighted by Gasteiger charge is 1.81. The minimum atomic E-state index is -0.968. The zero-order chi connectivity index (χ0) is 9.82. The molecule has 0 spiro atoms. The average Bonchev–Trinajstić information content (AvgIpc) is 2.07. The second kappa shape index (κ2) is 12.9. The Balaban J connectivity index is 0. The number of carbonyl (C=O) groups is 1. The number of aliphatic carboxylic acids is 1. The van der Waals surface area contributed by atoms with Crippen LogP contribution in [-0.4, -0.2) is 54.3 Å². The molecule has 12 heavy (non-hydrogen) atoms. The number of hydrogen-bond acceptors (Lipinski definition) is 5. The van der Waals surface area contributed by atoms with E-state index in [1.807, 2.05) is 0 Å². The van der Waals surface area contributed by atoms with Gasteiger partial charge in [-0.1, -0.05) is 0 Å². The number of carboxylic acids is 1. The molecule has 0 bridgehead atoms. The van der Waals surface area contributed by atoms with E-state index in [1.54, 1.807) is 0 Å². The smallest absolute Gasteiger partial charge is 0.317 e. The molecule has 0 heterocycles. The highest BCUT2D eigenvalue weighted by Crippen LogP contribution is 1.68. The Morgan fingerprint density at radius 1 is 1.25 bits per heavy atom. The van der Waals surface area contributed by atoms with Crippen LogP contribution in [0.1, 0.15) is 0 Å². The maximum atomic E-state index is 9.24. The minimum absolute atomic E-state index is 0.0278. The summed E-state index contributed by atoms with van der Waals surface area (Å²) in [6.45, 7) is 0.418. The number of nitrogens with two attached hydrogens (primary N) is 1. The Kier molecular flexibility index (Phi) is 15.0. The van der Waals surface area contributed by atoms with Crippen LogP contribution in [0.15, 0.2) is 0 Å². The second-order valence-electron chi connectivity index (χ2n) is 1.66. The largest absolute Gasteiger partial charge is 0.480 e. The van der Waals surface area contributed by atoms with Crippen molar-refractivity contribution in [2.75, 3.05) is 33.0 Å². The van der Waals surface area contributed by atoms with Gasteiger partial charge in [0.25, 0.3) is 0 Å². The zero-order valence-corrected chi connectivity index (χ0v) is 6.77. The molecule has 0 saturated heterocycles. The first-order valence-electron chi connectivity index (χ1n) is 3.40. The first-order valence-corrected chi connectivity index (χ1v) is 3.40. The normalized spacial score (nSPS) is 8.58. The van der Waals surface area contributed by atoms with E-state index in [1.165, 1.54) is 0 Å². The van der Waals surface area contributed by atoms with Gasteiger partial charge in [-0.15, -0.1) is 0 Å². The van der Waals surface area contributed by atoms with Crippen LogP contribution < -0.4 is 5.73 Å². The van der Waals surface area contributed by atoms with Crippen molar-refractivity contribution in [1.82, 2.24) is 0 Å². The number of carboxylic acid groups (broad SMARTS) is 1. The summed E-state index contributed by atoms with van der Waals surface area (Å²) in [6, 6.07) is 0. The molecule has 0 rings (SSSR count). The quantitative estimate of drug-likeness (QED) is 0.365. The van der Waals surface area contributed by atoms with E-state index in [0.717, 1.165) is 0 Å². The first-order chi connectivity index (χ1) is 5.68. The fraction of sp³-hybridized carbons (Fsp3) is 0.833. The Labute approximate surface area is 70.6 Å². The summed E-state index contributed by atoms with van der Waals surface area (Å²) in [6.07, 6.45) is 0. The third-order valence-electron chi connectivity index (χ3n) is 0.646. The predicted octanol–water partition coefficient (Wildman–Crippen LogP) is -1.98. The van der Waals surface area contributed by atoms with Crippen LogP contribution in [0.5, 0.6) is 0 Å². The molecule has 0 aliphatic carbocycles. The number of aliphatic hydroxyl groups excluding tert-OH is 2. The van der Waals surface area contributed by atoms with Gasteiger partial charge in [0.05, 0.1) is 33.0 Å². The van der Waals surface area contributed by atoms with E-state index < -0.39 is 5.97 Å². The number of rotatable bonds is 5. The molecule has 0 aliphatic rings. The molecular formula is C6H15NO5. The molecule has 0 unspecified atom stereocenters. The lowest BCUT2D eigenvalue weighted by molar-refractivity contribution is -0.135. The summed E-state index contributed by atoms with van der Waals surface area (Å²) in [5.74, 6) is -0.968. The van der Waals surface area contributed by atoms with Crippen molar-refractivity contribution < 1.29 is 24.9 Å². The third kappa shape index (κ3) is 22.8. The lowest BCUT2D eigenvalue weighted by Gasteiger charge is -1.94. The highest BCUT2D eigenvalue weighted by molar-refractivity contribution is 5.68. The highest BCUT2D eigenvalue weighted by atomic mass is 16.5. The third-order valence-corrected chi connectivity index (χ3v) is 0.646. The van der Waals surface area contributed by atoms with Gasteiger partial charge in [0.2, 0.25) is 0 Å². The van der Waals surface area contributed by atoms with Crippen molar-refractivity contribution in [3.8, 4) is 0 Å². The van der Waals surface area contributed by atoms with Gasteiger partial charge < -0.3 is 25.8 Å². The van der Waals surface area contributed by atoms with Crippen molar-refractivity contribution in [2.24, 2.45) is 5.73 Å². The second-order valence-corrected chi connectivity index (χ2v) is 1.66. The van der Waals surface area contributed by atoms with Gasteiger partial charge in [-0.05, 0) is 0 Å². The number of ether oxygens (including phenoxy) is 1. The first kappa shape index (κ1) is 13.9. The Bertz CT molecular complexity index is 93.9. The summed E-state index contributed by atoms with van der Waals surface area (Å²) < 4.78 is 4.63. The standard InChI is InChI=1S/C4H10O3.C2H5NO2/c5-1-3-7-4-2-6;3-1-2(4)5/h5-6H,1-4H2;1,3H2,(H,4,5). The van der Waals surface area contributed by atoms with Crippen LogP contribution in [-0.2, 0) is 9.53 Å². The number of hydrogen-bond donors (Lipinski definition) is 4. The summed E-state index contributed by atoms with van der Waals surface area (Å²) in [5.41, 5.74) is 4.57. The van der Waals surface area contributed by atoms with Crippen molar-refractivity contribution in [3.05, 3.63) is 0 Å². The van der Waals surface area contributed by atoms with Gasteiger partial charge in [-0.2, -0.15) is 0 Å². The lowest BCUT2D eigenvalue weighted by Crippen LogP contribution is -2.10. The average molecular weight is 181 g/mol. The molecule has 5 N–H and O–H groups in total. The molecule has 0 fully saturated rings. The lowest BCUT2D eigenvalue weighted by atomic mass is 10.7. The maximum Gasteiger partial charge on any atom is 0.317 e. The number of aliphatic hydroxyl groups is 2. The van der Waals surface area contributed by atoms with Gasteiger partial charge in [-0.3, -0.25) is 4.79 Å². The van der Waals surface area contributed by atoms with Crippen molar-refractivity contribution in [2.45, 2.75) is 0 Å². The van der Waals surface area contributed by atoms with Crippen molar-refractivity contribution in [1.29, 1.82) is 0 Å². The molecule has 0 aromatic carbocycles. The van der Waals surface area contributed by atoms with Crippen LogP contribution in [0.3, 0.4) is 0 Å². The van der Waals surface area contributed by atoms with Crippen LogP contribution in [0.2, 0.25) is 0 Å². The molecule has 0 aromatic rings. The molecule has 0 saturated carbocycles. The van der Waals surface area contributed by atoms with Gasteiger partial charge in [0, 0.05) is 0 Å². The topological polar surface area (TPSA) is 113 Å². The zero-order valence-electron chi connectivity index (χ0n) is 6.77. The van der Waals surface area contributed by atoms with E-state index in [-0.39, 0.29) is 19.8 Å². The minimum Gasteiger partial charge on any atom is -0.480 e. The fourth-order valence-corrected chi connectivity index (χ4v) is 0.231. The molecule has 0 radical (unpaired) electrons. The van der Waals surface area contributed by atoms with E-state index in [0.29, 0.717) is 13.2 Å². The van der Waals surface area contributed by atoms with Gasteiger partial charge in [0.15, 0.2) is 0 Å². The van der Waals surface area contributed by atoms with Crippen LogP contribution in [0.25, 0.3) is 0 Å². The van der Waals surface area contributed by atoms with E-state index in [9.17, 15) is 4.79 Å². The maximum absolute atomic E-state index is 9.24. The van der Waals surface area contributed by atoms with Crippen molar-refractivity contribution >= 4 is 5.97 Å². The summed E-state index contributed by atoms with van der Waals surface area (Å²) in [5, 5.41) is 23.8. The monoisotopic (exact) mass is 181 g/mol. The summed E-state index contributed by atoms with van der Waals surface area (Å²) in [7, 11) is 0. The predicted molar refractivity (Wildman–Crippen MR) is 41.7 cm³/mol. The Hall–Kier alpha value is -0.690. The molecule has 74 valence electrons. The summed E-state index contributed by atoms with van der Waals surface area (Å²) >= 11 is 0. The van der Waals surface area contributed by atoms with E-state index in [2.05, 4.69) is 10.5 Å². The van der Waals surface area contributed by atoms with Crippen molar-refractivity contribution in [3.63, 3.8) is 0 Å². The molecule has 0 aliphatic heterocycles. The molecule has 6 heteroatoms. The van der Waals surface area contributed by atoms with E-state index >= 15 is 0 Å². The summed E-state index contributed by atoms with van der Waals surface area (Å²) in [4.78, 5) is 9.24. The molecule has 0 amide bonds. The molecular weight excluding hydrogens is 166 g/mol. The molecule has 6 nitrogen and oxygen atoms in total.